The van der Waals surface area contributed by atoms with Crippen molar-refractivity contribution in [2.75, 3.05) is 0 Å². The number of esters is 2. The van der Waals surface area contributed by atoms with Crippen molar-refractivity contribution >= 4 is 11.9 Å². The lowest BCUT2D eigenvalue weighted by Gasteiger charge is -2.38. The molecule has 4 rings (SSSR count). The lowest BCUT2D eigenvalue weighted by atomic mass is 9.68. The molecule has 2 saturated carbocycles. The summed E-state index contributed by atoms with van der Waals surface area (Å²) in [5.74, 6) is -0.223. The first-order valence-corrected chi connectivity index (χ1v) is 9.93. The topological polar surface area (TPSA) is 61.8 Å². The van der Waals surface area contributed by atoms with E-state index < -0.39 is 12.6 Å². The molecule has 2 aliphatic heterocycles. The van der Waals surface area contributed by atoms with Gasteiger partial charge in [-0.15, -0.1) is 0 Å². The van der Waals surface area contributed by atoms with Crippen LogP contribution in [0.3, 0.4) is 0 Å². The van der Waals surface area contributed by atoms with Gasteiger partial charge in [-0.2, -0.15) is 0 Å². The van der Waals surface area contributed by atoms with Crippen LogP contribution in [0.2, 0.25) is 0 Å². The van der Waals surface area contributed by atoms with Crippen molar-refractivity contribution in [3.05, 3.63) is 11.6 Å². The Morgan fingerprint density at radius 3 is 2.73 bits per heavy atom. The van der Waals surface area contributed by atoms with Gasteiger partial charge in [0.15, 0.2) is 0 Å². The molecule has 144 valence electrons. The van der Waals surface area contributed by atoms with Crippen molar-refractivity contribution in [1.82, 2.24) is 0 Å². The summed E-state index contributed by atoms with van der Waals surface area (Å²) in [5, 5.41) is 0. The third-order valence-electron chi connectivity index (χ3n) is 6.97. The van der Waals surface area contributed by atoms with Crippen molar-refractivity contribution in [3.8, 4) is 0 Å². The SMILES string of the molecule is CC=C(C1C2OC(=O)CC1C(OC(C)=O)O2)C1CC12CCCC(C)(C)C2. The minimum Gasteiger partial charge on any atom is -0.435 e. The summed E-state index contributed by atoms with van der Waals surface area (Å²) in [5.41, 5.74) is 2.15. The van der Waals surface area contributed by atoms with E-state index in [1.165, 1.54) is 44.6 Å². The van der Waals surface area contributed by atoms with Crippen LogP contribution < -0.4 is 0 Å². The third kappa shape index (κ3) is 2.98. The number of carbonyl (C=O) groups excluding carboxylic acids is 2. The fourth-order valence-electron chi connectivity index (χ4n) is 6.03. The Balaban J connectivity index is 1.56. The van der Waals surface area contributed by atoms with E-state index in [1.54, 1.807) is 0 Å². The number of fused-ring (bicyclic) bond motifs is 2. The molecule has 4 aliphatic rings. The average molecular weight is 362 g/mol. The van der Waals surface area contributed by atoms with Crippen molar-refractivity contribution in [2.24, 2.45) is 28.6 Å². The largest absolute Gasteiger partial charge is 0.435 e. The minimum absolute atomic E-state index is 0.0106. The first-order valence-electron chi connectivity index (χ1n) is 9.93. The fraction of sp³-hybridized carbons (Fsp3) is 0.810. The minimum atomic E-state index is -0.679. The van der Waals surface area contributed by atoms with Crippen LogP contribution in [0.1, 0.15) is 66.2 Å². The second kappa shape index (κ2) is 6.08. The molecular formula is C21H30O5. The van der Waals surface area contributed by atoms with Crippen molar-refractivity contribution in [3.63, 3.8) is 0 Å². The van der Waals surface area contributed by atoms with Gasteiger partial charge in [-0.05, 0) is 49.4 Å². The lowest BCUT2D eigenvalue weighted by Crippen LogP contribution is -2.36. The molecular weight excluding hydrogens is 332 g/mol. The Morgan fingerprint density at radius 2 is 2.08 bits per heavy atom. The van der Waals surface area contributed by atoms with E-state index in [9.17, 15) is 9.59 Å². The Morgan fingerprint density at radius 1 is 1.31 bits per heavy atom. The summed E-state index contributed by atoms with van der Waals surface area (Å²) >= 11 is 0. The smallest absolute Gasteiger partial charge is 0.308 e. The van der Waals surface area contributed by atoms with E-state index in [4.69, 9.17) is 14.2 Å². The summed E-state index contributed by atoms with van der Waals surface area (Å²) in [7, 11) is 0. The molecule has 0 amide bonds. The van der Waals surface area contributed by atoms with Gasteiger partial charge in [0.2, 0.25) is 12.6 Å². The van der Waals surface area contributed by atoms with Gasteiger partial charge < -0.3 is 14.2 Å². The highest BCUT2D eigenvalue weighted by Gasteiger charge is 2.63. The highest BCUT2D eigenvalue weighted by molar-refractivity contribution is 5.72. The molecule has 6 unspecified atom stereocenters. The van der Waals surface area contributed by atoms with E-state index in [0.29, 0.717) is 16.7 Å². The highest BCUT2D eigenvalue weighted by atomic mass is 16.8. The van der Waals surface area contributed by atoms with Gasteiger partial charge >= 0.3 is 11.9 Å². The summed E-state index contributed by atoms with van der Waals surface area (Å²) in [6.07, 6.45) is 7.51. The van der Waals surface area contributed by atoms with Crippen LogP contribution in [0.5, 0.6) is 0 Å². The maximum atomic E-state index is 11.9. The molecule has 6 atom stereocenters. The predicted molar refractivity (Wildman–Crippen MR) is 94.7 cm³/mol. The van der Waals surface area contributed by atoms with Crippen molar-refractivity contribution in [1.29, 1.82) is 0 Å². The molecule has 0 aromatic heterocycles. The van der Waals surface area contributed by atoms with E-state index in [0.717, 1.165) is 0 Å². The number of hydrogen-bond acceptors (Lipinski definition) is 5. The van der Waals surface area contributed by atoms with Crippen molar-refractivity contribution < 1.29 is 23.8 Å². The average Bonchev–Trinajstić information content (AvgIpc) is 3.13. The molecule has 0 aromatic carbocycles. The van der Waals surface area contributed by atoms with Crippen LogP contribution in [0.25, 0.3) is 0 Å². The van der Waals surface area contributed by atoms with E-state index in [1.807, 2.05) is 0 Å². The first kappa shape index (κ1) is 18.0. The van der Waals surface area contributed by atoms with Gasteiger partial charge in [0, 0.05) is 12.8 Å². The van der Waals surface area contributed by atoms with E-state index >= 15 is 0 Å². The van der Waals surface area contributed by atoms with Gasteiger partial charge in [0.1, 0.15) is 0 Å². The van der Waals surface area contributed by atoms with Crippen molar-refractivity contribution in [2.45, 2.75) is 78.8 Å². The summed E-state index contributed by atoms with van der Waals surface area (Å²) < 4.78 is 16.7. The number of hydrogen-bond donors (Lipinski definition) is 0. The Labute approximate surface area is 155 Å². The second-order valence-corrected chi connectivity index (χ2v) is 9.47. The van der Waals surface area contributed by atoms with Gasteiger partial charge in [0.05, 0.1) is 12.3 Å². The predicted octanol–water partition coefficient (Wildman–Crippen LogP) is 3.96. The summed E-state index contributed by atoms with van der Waals surface area (Å²) in [4.78, 5) is 23.3. The Kier molecular flexibility index (Phi) is 4.22. The molecule has 26 heavy (non-hydrogen) atoms. The molecule has 2 heterocycles. The van der Waals surface area contributed by atoms with E-state index in [2.05, 4.69) is 26.8 Å². The Hall–Kier alpha value is -1.36. The molecule has 2 saturated heterocycles. The standard InChI is InChI=1S/C21H30O5/c1-5-13(15-10-21(15)8-6-7-20(3,4)11-21)17-14-9-16(23)25-19(17)26-18(14)24-12(2)22/h5,14-15,17-19H,6-11H2,1-4H3. The zero-order valence-corrected chi connectivity index (χ0v) is 16.2. The molecule has 1 spiro atoms. The van der Waals surface area contributed by atoms with Crippen LogP contribution in [0.15, 0.2) is 11.6 Å². The molecule has 0 N–H and O–H groups in total. The number of carbonyl (C=O) groups is 2. The quantitative estimate of drug-likeness (QED) is 0.562. The van der Waals surface area contributed by atoms with Crippen LogP contribution in [0, 0.1) is 28.6 Å². The lowest BCUT2D eigenvalue weighted by molar-refractivity contribution is -0.206. The fourth-order valence-corrected chi connectivity index (χ4v) is 6.03. The zero-order valence-electron chi connectivity index (χ0n) is 16.2. The zero-order chi connectivity index (χ0) is 18.7. The van der Waals surface area contributed by atoms with Gasteiger partial charge in [0.25, 0.3) is 0 Å². The third-order valence-corrected chi connectivity index (χ3v) is 6.97. The normalized spacial score (nSPS) is 43.9. The maximum absolute atomic E-state index is 11.9. The first-order chi connectivity index (χ1) is 12.2. The van der Waals surface area contributed by atoms with Crippen LogP contribution in [-0.4, -0.2) is 24.5 Å². The van der Waals surface area contributed by atoms with Gasteiger partial charge in [-0.1, -0.05) is 31.9 Å². The molecule has 2 aliphatic carbocycles. The molecule has 4 fully saturated rings. The van der Waals surface area contributed by atoms with Gasteiger partial charge in [-0.3, -0.25) is 9.59 Å². The molecule has 0 aromatic rings. The van der Waals surface area contributed by atoms with Gasteiger partial charge in [-0.25, -0.2) is 0 Å². The number of allylic oxidation sites excluding steroid dienone is 1. The second-order valence-electron chi connectivity index (χ2n) is 9.47. The number of rotatable bonds is 3. The molecule has 2 bridgehead atoms. The van der Waals surface area contributed by atoms with E-state index in [-0.39, 0.29) is 30.2 Å². The van der Waals surface area contributed by atoms with Crippen LogP contribution in [0.4, 0.5) is 0 Å². The van der Waals surface area contributed by atoms with Crippen LogP contribution in [-0.2, 0) is 23.8 Å². The molecule has 0 radical (unpaired) electrons. The summed E-state index contributed by atoms with van der Waals surface area (Å²) in [6.45, 7) is 8.21. The molecule has 5 nitrogen and oxygen atoms in total. The van der Waals surface area contributed by atoms with Crippen LogP contribution >= 0.6 is 0 Å². The Bertz CT molecular complexity index is 651. The molecule has 5 heteroatoms. The highest BCUT2D eigenvalue weighted by Crippen LogP contribution is 2.69. The monoisotopic (exact) mass is 362 g/mol. The summed E-state index contributed by atoms with van der Waals surface area (Å²) in [6, 6.07) is 0. The maximum Gasteiger partial charge on any atom is 0.308 e. The number of ether oxygens (including phenoxy) is 3.